The smallest absolute Gasteiger partial charge is 0.485 e. The fraction of sp³-hybridized carbons (Fsp3) is 0.455. The summed E-state index contributed by atoms with van der Waals surface area (Å²) in [7, 11) is -6.09. The Balaban J connectivity index is 0.000000284. The van der Waals surface area contributed by atoms with Gasteiger partial charge in [-0.2, -0.15) is 23.4 Å². The number of aromatic nitrogens is 4. The molecule has 0 saturated carbocycles. The van der Waals surface area contributed by atoms with Crippen molar-refractivity contribution in [3.8, 4) is 0 Å². The van der Waals surface area contributed by atoms with E-state index in [2.05, 4.69) is 48.1 Å². The first kappa shape index (κ1) is 19.9. The summed E-state index contributed by atoms with van der Waals surface area (Å²) >= 11 is -0.170. The quantitative estimate of drug-likeness (QED) is 0.319. The van der Waals surface area contributed by atoms with Crippen LogP contribution in [0.1, 0.15) is 22.8 Å². The van der Waals surface area contributed by atoms with Crippen molar-refractivity contribution < 1.29 is 47.3 Å². The molecule has 2 heterocycles. The van der Waals surface area contributed by atoms with Crippen LogP contribution in [0.2, 0.25) is 0 Å². The number of nitrogens with one attached hydrogen (secondary N) is 2. The van der Waals surface area contributed by atoms with Gasteiger partial charge in [0, 0.05) is 0 Å². The standard InChI is InChI=1S/C10H14IN4.CHF3O3S/c1-5-9(6(2)13-12-5)11-10-7(3)14-15-8(10)4;2-1(3,4)8(5,6)7/h1-4H3,(H,12,13)(H,14,15);(H,5,6,7)/q+1;/p-1. The maximum Gasteiger partial charge on any atom is 0.485 e. The lowest BCUT2D eigenvalue weighted by Gasteiger charge is -2.08. The minimum absolute atomic E-state index is 0.170. The van der Waals surface area contributed by atoms with Crippen molar-refractivity contribution in [2.75, 3.05) is 0 Å². The van der Waals surface area contributed by atoms with Gasteiger partial charge in [-0.1, -0.05) is 0 Å². The second-order valence-electron chi connectivity index (χ2n) is 4.49. The van der Waals surface area contributed by atoms with Crippen molar-refractivity contribution in [3.63, 3.8) is 0 Å². The minimum Gasteiger partial charge on any atom is -0.741 e. The Morgan fingerprint density at radius 2 is 1.26 bits per heavy atom. The maximum absolute atomic E-state index is 10.7. The van der Waals surface area contributed by atoms with Gasteiger partial charge in [0.25, 0.3) is 0 Å². The monoisotopic (exact) mass is 466 g/mol. The van der Waals surface area contributed by atoms with Gasteiger partial charge in [-0.25, -0.2) is 8.42 Å². The van der Waals surface area contributed by atoms with E-state index in [1.165, 1.54) is 18.5 Å². The summed E-state index contributed by atoms with van der Waals surface area (Å²) in [6.45, 7) is 8.28. The van der Waals surface area contributed by atoms with Crippen molar-refractivity contribution in [1.29, 1.82) is 0 Å². The molecular formula is C11H14F3IN4O3S. The van der Waals surface area contributed by atoms with E-state index >= 15 is 0 Å². The van der Waals surface area contributed by atoms with Crippen LogP contribution in [-0.2, 0) is 10.1 Å². The largest absolute Gasteiger partial charge is 0.741 e. The molecule has 0 aliphatic carbocycles. The molecule has 2 aromatic heterocycles. The van der Waals surface area contributed by atoms with E-state index < -0.39 is 15.6 Å². The highest BCUT2D eigenvalue weighted by Crippen LogP contribution is 2.20. The van der Waals surface area contributed by atoms with Gasteiger partial charge >= 0.3 is 26.7 Å². The third-order valence-corrected chi connectivity index (χ3v) is 7.37. The number of nitrogens with zero attached hydrogens (tertiary/aromatic N) is 2. The van der Waals surface area contributed by atoms with E-state index in [-0.39, 0.29) is 21.2 Å². The van der Waals surface area contributed by atoms with Crippen LogP contribution in [-0.4, -0.2) is 38.9 Å². The molecule has 7 nitrogen and oxygen atoms in total. The van der Waals surface area contributed by atoms with Crippen LogP contribution in [0.15, 0.2) is 0 Å². The van der Waals surface area contributed by atoms with Crippen molar-refractivity contribution in [2.24, 2.45) is 0 Å². The minimum atomic E-state index is -6.09. The molecule has 0 bridgehead atoms. The van der Waals surface area contributed by atoms with Gasteiger partial charge in [-0.05, 0) is 27.7 Å². The molecule has 2 N–H and O–H groups in total. The predicted octanol–water partition coefficient (Wildman–Crippen LogP) is -1.45. The fourth-order valence-electron chi connectivity index (χ4n) is 1.45. The zero-order chi connectivity index (χ0) is 18.0. The summed E-state index contributed by atoms with van der Waals surface area (Å²) in [6.07, 6.45) is 0. The summed E-state index contributed by atoms with van der Waals surface area (Å²) in [4.78, 5) is 0. The van der Waals surface area contributed by atoms with Gasteiger partial charge in [0.05, 0.1) is 11.4 Å². The Morgan fingerprint density at radius 3 is 1.43 bits per heavy atom. The fourth-order valence-corrected chi connectivity index (χ4v) is 4.06. The highest BCUT2D eigenvalue weighted by Gasteiger charge is 2.36. The number of alkyl halides is 3. The van der Waals surface area contributed by atoms with Gasteiger partial charge in [-0.3, -0.25) is 10.2 Å². The van der Waals surface area contributed by atoms with Crippen molar-refractivity contribution >= 4 is 10.1 Å². The van der Waals surface area contributed by atoms with Crippen LogP contribution in [0.4, 0.5) is 13.2 Å². The SMILES string of the molecule is Cc1n[nH]c(C)c1[I+]c1c(C)n[nH]c1C.O=S(=O)([O-])C(F)(F)F. The molecule has 130 valence electrons. The van der Waals surface area contributed by atoms with Crippen molar-refractivity contribution in [1.82, 2.24) is 20.4 Å². The molecule has 23 heavy (non-hydrogen) atoms. The number of rotatable bonds is 2. The van der Waals surface area contributed by atoms with Crippen LogP contribution < -0.4 is 21.2 Å². The maximum atomic E-state index is 10.7. The van der Waals surface area contributed by atoms with Gasteiger partial charge in [0.15, 0.2) is 10.1 Å². The molecular weight excluding hydrogens is 452 g/mol. The summed E-state index contributed by atoms with van der Waals surface area (Å²) in [6, 6.07) is 0. The molecule has 2 aromatic rings. The number of H-pyrrole nitrogens is 2. The molecule has 0 saturated heterocycles. The molecule has 0 fully saturated rings. The Morgan fingerprint density at radius 1 is 0.957 bits per heavy atom. The lowest BCUT2D eigenvalue weighted by molar-refractivity contribution is -0.600. The molecule has 0 amide bonds. The van der Waals surface area contributed by atoms with Crippen molar-refractivity contribution in [3.05, 3.63) is 29.9 Å². The zero-order valence-electron chi connectivity index (χ0n) is 12.5. The topological polar surface area (TPSA) is 115 Å². The number of aryl methyl sites for hydroxylation is 4. The number of hydrogen-bond donors (Lipinski definition) is 2. The molecule has 2 rings (SSSR count). The second kappa shape index (κ2) is 7.17. The third kappa shape index (κ3) is 5.17. The van der Waals surface area contributed by atoms with Crippen molar-refractivity contribution in [2.45, 2.75) is 33.2 Å². The number of halogens is 4. The Bertz CT molecular complexity index is 700. The molecule has 0 spiro atoms. The molecule has 0 aliphatic rings. The van der Waals surface area contributed by atoms with E-state index in [1.807, 2.05) is 0 Å². The second-order valence-corrected chi connectivity index (χ2v) is 8.56. The summed E-state index contributed by atoms with van der Waals surface area (Å²) in [5, 5.41) is 14.5. The molecule has 0 aliphatic heterocycles. The lowest BCUT2D eigenvalue weighted by Crippen LogP contribution is -3.62. The Labute approximate surface area is 141 Å². The average molecular weight is 466 g/mol. The van der Waals surface area contributed by atoms with Gasteiger partial charge < -0.3 is 4.55 Å². The first-order chi connectivity index (χ1) is 10.3. The molecule has 0 unspecified atom stereocenters. The van der Waals surface area contributed by atoms with Gasteiger partial charge in [0.1, 0.15) is 11.4 Å². The molecule has 0 radical (unpaired) electrons. The zero-order valence-corrected chi connectivity index (χ0v) is 15.5. The van der Waals surface area contributed by atoms with Crippen LogP contribution in [0.5, 0.6) is 0 Å². The first-order valence-electron chi connectivity index (χ1n) is 6.04. The van der Waals surface area contributed by atoms with Crippen LogP contribution in [0.25, 0.3) is 0 Å². The highest BCUT2D eigenvalue weighted by atomic mass is 127. The average Bonchev–Trinajstić information content (AvgIpc) is 2.87. The van der Waals surface area contributed by atoms with Crippen LogP contribution in [0, 0.1) is 34.8 Å². The summed E-state index contributed by atoms with van der Waals surface area (Å²) in [5.41, 5.74) is -1.01. The number of hydrogen-bond acceptors (Lipinski definition) is 5. The van der Waals surface area contributed by atoms with Gasteiger partial charge in [-0.15, -0.1) is 0 Å². The lowest BCUT2D eigenvalue weighted by atomic mass is 10.4. The first-order valence-corrected chi connectivity index (χ1v) is 9.61. The molecule has 0 atom stereocenters. The van der Waals surface area contributed by atoms with E-state index in [1.54, 1.807) is 0 Å². The molecule has 0 aromatic carbocycles. The molecule has 12 heteroatoms. The van der Waals surface area contributed by atoms with Gasteiger partial charge in [0.2, 0.25) is 7.14 Å². The number of aromatic amines is 2. The van der Waals surface area contributed by atoms with Crippen LogP contribution in [0.3, 0.4) is 0 Å². The van der Waals surface area contributed by atoms with E-state index in [0.717, 1.165) is 11.4 Å². The highest BCUT2D eigenvalue weighted by molar-refractivity contribution is 7.86. The van der Waals surface area contributed by atoms with E-state index in [0.29, 0.717) is 0 Å². The van der Waals surface area contributed by atoms with E-state index in [4.69, 9.17) is 13.0 Å². The Kier molecular flexibility index (Phi) is 6.20. The predicted molar refractivity (Wildman–Crippen MR) is 69.3 cm³/mol. The Hall–Kier alpha value is -1.15. The van der Waals surface area contributed by atoms with Crippen LogP contribution >= 0.6 is 0 Å². The summed E-state index contributed by atoms with van der Waals surface area (Å²) in [5.74, 6) is 0. The van der Waals surface area contributed by atoms with E-state index in [9.17, 15) is 13.2 Å². The third-order valence-electron chi connectivity index (χ3n) is 2.55. The normalized spacial score (nSPS) is 12.0. The summed E-state index contributed by atoms with van der Waals surface area (Å²) < 4.78 is 61.7.